The van der Waals surface area contributed by atoms with Gasteiger partial charge in [0.2, 0.25) is 0 Å². The lowest BCUT2D eigenvalue weighted by Gasteiger charge is -2.14. The predicted octanol–water partition coefficient (Wildman–Crippen LogP) is 1.44. The molecule has 1 heterocycles. The van der Waals surface area contributed by atoms with Crippen molar-refractivity contribution in [2.45, 2.75) is 0 Å². The van der Waals surface area contributed by atoms with Gasteiger partial charge in [0, 0.05) is 12.4 Å². The SMILES string of the molecule is Br.C=CN1C=CN(CC#N)C1.N. The highest BCUT2D eigenvalue weighted by Gasteiger charge is 2.07. The van der Waals surface area contributed by atoms with Crippen molar-refractivity contribution in [1.29, 1.82) is 5.26 Å². The molecular weight excluding hydrogens is 220 g/mol. The lowest BCUT2D eigenvalue weighted by Crippen LogP contribution is -2.21. The zero-order chi connectivity index (χ0) is 7.40. The summed E-state index contributed by atoms with van der Waals surface area (Å²) in [6, 6.07) is 2.07. The Hall–Kier alpha value is -0.990. The quantitative estimate of drug-likeness (QED) is 0.733. The zero-order valence-electron chi connectivity index (χ0n) is 6.81. The van der Waals surface area contributed by atoms with E-state index in [-0.39, 0.29) is 23.1 Å². The van der Waals surface area contributed by atoms with Gasteiger partial charge in [-0.2, -0.15) is 5.26 Å². The summed E-state index contributed by atoms with van der Waals surface area (Å²) in [5.41, 5.74) is 0. The third-order valence-electron chi connectivity index (χ3n) is 1.32. The fourth-order valence-corrected chi connectivity index (χ4v) is 0.796. The molecule has 68 valence electrons. The van der Waals surface area contributed by atoms with E-state index in [0.717, 1.165) is 6.67 Å². The molecule has 3 N–H and O–H groups in total. The fraction of sp³-hybridized carbons (Fsp3) is 0.286. The molecule has 12 heavy (non-hydrogen) atoms. The van der Waals surface area contributed by atoms with Crippen LogP contribution in [-0.4, -0.2) is 23.0 Å². The number of rotatable bonds is 2. The first-order valence-corrected chi connectivity index (χ1v) is 3.04. The maximum absolute atomic E-state index is 8.32. The highest BCUT2D eigenvalue weighted by molar-refractivity contribution is 8.93. The molecule has 5 heteroatoms. The summed E-state index contributed by atoms with van der Waals surface area (Å²) in [4.78, 5) is 3.82. The van der Waals surface area contributed by atoms with Gasteiger partial charge in [0.15, 0.2) is 0 Å². The van der Waals surface area contributed by atoms with Crippen LogP contribution in [0.4, 0.5) is 0 Å². The lowest BCUT2D eigenvalue weighted by atomic mass is 10.6. The van der Waals surface area contributed by atoms with E-state index < -0.39 is 0 Å². The number of nitriles is 1. The van der Waals surface area contributed by atoms with Crippen LogP contribution in [0.1, 0.15) is 0 Å². The van der Waals surface area contributed by atoms with E-state index >= 15 is 0 Å². The van der Waals surface area contributed by atoms with Gasteiger partial charge in [0.25, 0.3) is 0 Å². The highest BCUT2D eigenvalue weighted by Crippen LogP contribution is 2.04. The molecule has 0 amide bonds. The maximum Gasteiger partial charge on any atom is 0.107 e. The molecule has 1 aliphatic heterocycles. The van der Waals surface area contributed by atoms with Gasteiger partial charge in [-0.1, -0.05) is 6.58 Å². The molecule has 1 rings (SSSR count). The third kappa shape index (κ3) is 3.42. The van der Waals surface area contributed by atoms with E-state index in [0.29, 0.717) is 6.54 Å². The first-order chi connectivity index (χ1) is 4.86. The second-order valence-corrected chi connectivity index (χ2v) is 2.04. The molecule has 0 aromatic heterocycles. The molecule has 0 saturated carbocycles. The van der Waals surface area contributed by atoms with Crippen LogP contribution in [0.3, 0.4) is 0 Å². The second-order valence-electron chi connectivity index (χ2n) is 2.04. The van der Waals surface area contributed by atoms with Crippen LogP contribution in [0.2, 0.25) is 0 Å². The summed E-state index contributed by atoms with van der Waals surface area (Å²) in [5.74, 6) is 0. The average molecular weight is 233 g/mol. The van der Waals surface area contributed by atoms with Crippen molar-refractivity contribution in [2.24, 2.45) is 0 Å². The molecule has 1 aliphatic rings. The smallest absolute Gasteiger partial charge is 0.107 e. The van der Waals surface area contributed by atoms with Crippen molar-refractivity contribution in [3.8, 4) is 6.07 Å². The Balaban J connectivity index is 0. The van der Waals surface area contributed by atoms with E-state index in [1.54, 1.807) is 6.20 Å². The number of halogens is 1. The Bertz CT molecular complexity index is 196. The van der Waals surface area contributed by atoms with Gasteiger partial charge in [-0.3, -0.25) is 0 Å². The molecule has 0 saturated heterocycles. The van der Waals surface area contributed by atoms with E-state index in [9.17, 15) is 0 Å². The Kier molecular flexibility index (Phi) is 7.59. The Morgan fingerprint density at radius 2 is 2.25 bits per heavy atom. The Morgan fingerprint density at radius 1 is 1.58 bits per heavy atom. The lowest BCUT2D eigenvalue weighted by molar-refractivity contribution is 0.342. The third-order valence-corrected chi connectivity index (χ3v) is 1.32. The highest BCUT2D eigenvalue weighted by atomic mass is 79.9. The minimum absolute atomic E-state index is 0. The zero-order valence-corrected chi connectivity index (χ0v) is 8.52. The summed E-state index contributed by atoms with van der Waals surface area (Å²) in [6.07, 6.45) is 5.50. The summed E-state index contributed by atoms with van der Waals surface area (Å²) in [6.45, 7) is 4.79. The van der Waals surface area contributed by atoms with E-state index in [1.807, 2.05) is 22.2 Å². The van der Waals surface area contributed by atoms with Gasteiger partial charge in [-0.15, -0.1) is 17.0 Å². The van der Waals surface area contributed by atoms with E-state index in [4.69, 9.17) is 5.26 Å². The minimum Gasteiger partial charge on any atom is -0.345 e. The number of nitrogens with zero attached hydrogens (tertiary/aromatic N) is 3. The van der Waals surface area contributed by atoms with Gasteiger partial charge in [-0.05, 0) is 6.20 Å². The van der Waals surface area contributed by atoms with Crippen molar-refractivity contribution < 1.29 is 0 Å². The number of hydrogen-bond acceptors (Lipinski definition) is 4. The van der Waals surface area contributed by atoms with Crippen LogP contribution < -0.4 is 6.15 Å². The van der Waals surface area contributed by atoms with Gasteiger partial charge in [-0.25, -0.2) is 0 Å². The van der Waals surface area contributed by atoms with Crippen LogP contribution in [0, 0.1) is 11.3 Å². The molecule has 0 aromatic carbocycles. The molecule has 0 spiro atoms. The van der Waals surface area contributed by atoms with Crippen molar-refractivity contribution in [1.82, 2.24) is 16.0 Å². The average Bonchev–Trinajstić information content (AvgIpc) is 2.37. The summed E-state index contributed by atoms with van der Waals surface area (Å²) in [7, 11) is 0. The molecule has 0 atom stereocenters. The minimum atomic E-state index is 0. The predicted molar refractivity (Wildman–Crippen MR) is 53.7 cm³/mol. The molecular formula is C7H13BrN4. The van der Waals surface area contributed by atoms with Crippen LogP contribution in [0.15, 0.2) is 25.2 Å². The van der Waals surface area contributed by atoms with Gasteiger partial charge >= 0.3 is 0 Å². The van der Waals surface area contributed by atoms with Gasteiger partial charge in [0.05, 0.1) is 12.7 Å². The Labute approximate surface area is 83.1 Å². The van der Waals surface area contributed by atoms with Gasteiger partial charge < -0.3 is 16.0 Å². The molecule has 0 radical (unpaired) electrons. The molecule has 0 aromatic rings. The largest absolute Gasteiger partial charge is 0.345 e. The van der Waals surface area contributed by atoms with E-state index in [1.165, 1.54) is 0 Å². The fourth-order valence-electron chi connectivity index (χ4n) is 0.796. The van der Waals surface area contributed by atoms with Crippen molar-refractivity contribution in [3.63, 3.8) is 0 Å². The first kappa shape index (κ1) is 13.6. The van der Waals surface area contributed by atoms with Gasteiger partial charge in [0.1, 0.15) is 6.54 Å². The molecule has 0 bridgehead atoms. The van der Waals surface area contributed by atoms with Crippen LogP contribution >= 0.6 is 17.0 Å². The van der Waals surface area contributed by atoms with Crippen molar-refractivity contribution in [3.05, 3.63) is 25.2 Å². The van der Waals surface area contributed by atoms with Crippen molar-refractivity contribution >= 4 is 17.0 Å². The van der Waals surface area contributed by atoms with Crippen molar-refractivity contribution in [2.75, 3.05) is 13.2 Å². The molecule has 0 fully saturated rings. The van der Waals surface area contributed by atoms with Crippen LogP contribution in [-0.2, 0) is 0 Å². The van der Waals surface area contributed by atoms with Crippen LogP contribution in [0.25, 0.3) is 0 Å². The summed E-state index contributed by atoms with van der Waals surface area (Å²) in [5, 5.41) is 8.32. The standard InChI is InChI=1S/C7H9N3.BrH.H3N/c1-2-9-5-6-10(7-9)4-3-8;;/h2,5-6H,1,4,7H2;1H;1H3. The maximum atomic E-state index is 8.32. The Morgan fingerprint density at radius 3 is 2.67 bits per heavy atom. The molecule has 0 aliphatic carbocycles. The second kappa shape index (κ2) is 6.70. The summed E-state index contributed by atoms with van der Waals surface area (Å²) >= 11 is 0. The summed E-state index contributed by atoms with van der Waals surface area (Å²) < 4.78 is 0. The normalized spacial score (nSPS) is 12.9. The topological polar surface area (TPSA) is 65.3 Å². The van der Waals surface area contributed by atoms with Crippen LogP contribution in [0.5, 0.6) is 0 Å². The molecule has 4 nitrogen and oxygen atoms in total. The van der Waals surface area contributed by atoms with E-state index in [2.05, 4.69) is 12.6 Å². The monoisotopic (exact) mass is 232 g/mol. The first-order valence-electron chi connectivity index (χ1n) is 3.04. The number of hydrogen-bond donors (Lipinski definition) is 1. The molecule has 0 unspecified atom stereocenters.